The molecule has 18 heavy (non-hydrogen) atoms. The van der Waals surface area contributed by atoms with Crippen molar-refractivity contribution in [2.45, 2.75) is 18.8 Å². The third kappa shape index (κ3) is 4.25. The zero-order valence-electron chi connectivity index (χ0n) is 9.93. The molecule has 4 N–H and O–H groups in total. The molecular weight excluding hydrogens is 276 g/mol. The number of carbonyl (C=O) groups is 2. The van der Waals surface area contributed by atoms with Crippen molar-refractivity contribution in [2.75, 3.05) is 13.1 Å². The molecule has 100 valence electrons. The quantitative estimate of drug-likeness (QED) is 0.701. The highest BCUT2D eigenvalue weighted by molar-refractivity contribution is 7.09. The number of amides is 2. The molecule has 1 unspecified atom stereocenters. The van der Waals surface area contributed by atoms with Crippen LogP contribution in [0.4, 0.5) is 0 Å². The first-order valence-corrected chi connectivity index (χ1v) is 6.66. The Morgan fingerprint density at radius 1 is 1.44 bits per heavy atom. The van der Waals surface area contributed by atoms with Gasteiger partial charge in [-0.3, -0.25) is 14.5 Å². The van der Waals surface area contributed by atoms with Gasteiger partial charge < -0.3 is 11.5 Å². The van der Waals surface area contributed by atoms with Gasteiger partial charge in [0.1, 0.15) is 5.01 Å². The van der Waals surface area contributed by atoms with E-state index in [1.165, 1.54) is 11.3 Å². The average Bonchev–Trinajstić information content (AvgIpc) is 2.74. The number of carbonyl (C=O) groups excluding carboxylic acids is 2. The molecule has 2 amide bonds. The van der Waals surface area contributed by atoms with Gasteiger partial charge in [-0.05, 0) is 6.92 Å². The largest absolute Gasteiger partial charge is 0.369 e. The lowest BCUT2D eigenvalue weighted by Crippen LogP contribution is -2.41. The van der Waals surface area contributed by atoms with Gasteiger partial charge in [-0.25, -0.2) is 4.98 Å². The molecule has 0 spiro atoms. The first-order chi connectivity index (χ1) is 8.43. The van der Waals surface area contributed by atoms with Crippen molar-refractivity contribution in [3.05, 3.63) is 16.1 Å². The van der Waals surface area contributed by atoms with E-state index in [0.717, 1.165) is 10.7 Å². The summed E-state index contributed by atoms with van der Waals surface area (Å²) in [6.45, 7) is 1.75. The lowest BCUT2D eigenvalue weighted by Gasteiger charge is -2.24. The van der Waals surface area contributed by atoms with E-state index in [0.29, 0.717) is 5.88 Å². The third-order valence-corrected chi connectivity index (χ3v) is 3.67. The molecule has 0 radical (unpaired) electrons. The second kappa shape index (κ2) is 6.67. The summed E-state index contributed by atoms with van der Waals surface area (Å²) in [5, 5.41) is 2.61. The number of primary amides is 2. The van der Waals surface area contributed by atoms with Crippen LogP contribution in [-0.4, -0.2) is 34.8 Å². The monoisotopic (exact) mass is 290 g/mol. The fourth-order valence-corrected chi connectivity index (χ4v) is 2.60. The van der Waals surface area contributed by atoms with Crippen LogP contribution in [0.2, 0.25) is 0 Å². The number of hydrogen-bond donors (Lipinski definition) is 2. The number of halogens is 1. The van der Waals surface area contributed by atoms with Gasteiger partial charge in [0.15, 0.2) is 0 Å². The molecule has 0 saturated carbocycles. The van der Waals surface area contributed by atoms with E-state index in [2.05, 4.69) is 4.98 Å². The number of nitrogens with zero attached hydrogens (tertiary/aromatic N) is 2. The van der Waals surface area contributed by atoms with Crippen LogP contribution >= 0.6 is 22.9 Å². The Morgan fingerprint density at radius 3 is 2.39 bits per heavy atom. The summed E-state index contributed by atoms with van der Waals surface area (Å²) < 4.78 is 0. The van der Waals surface area contributed by atoms with Crippen molar-refractivity contribution in [3.63, 3.8) is 0 Å². The molecule has 0 fully saturated rings. The molecule has 0 aromatic carbocycles. The van der Waals surface area contributed by atoms with Crippen molar-refractivity contribution in [1.82, 2.24) is 9.88 Å². The Morgan fingerprint density at radius 2 is 2.00 bits per heavy atom. The number of aromatic nitrogens is 1. The summed E-state index contributed by atoms with van der Waals surface area (Å²) in [7, 11) is 0. The lowest BCUT2D eigenvalue weighted by molar-refractivity contribution is -0.122. The second-order valence-electron chi connectivity index (χ2n) is 3.82. The highest BCUT2D eigenvalue weighted by atomic mass is 35.5. The first kappa shape index (κ1) is 14.9. The fourth-order valence-electron chi connectivity index (χ4n) is 1.46. The van der Waals surface area contributed by atoms with Gasteiger partial charge in [0.2, 0.25) is 11.8 Å². The van der Waals surface area contributed by atoms with Crippen molar-refractivity contribution in [3.8, 4) is 0 Å². The maximum atomic E-state index is 11.0. The zero-order valence-corrected chi connectivity index (χ0v) is 11.5. The predicted molar refractivity (Wildman–Crippen MR) is 70.0 cm³/mol. The van der Waals surface area contributed by atoms with Gasteiger partial charge in [0.05, 0.1) is 30.7 Å². The smallest absolute Gasteiger partial charge is 0.231 e. The number of thiazole rings is 1. The van der Waals surface area contributed by atoms with Crippen molar-refractivity contribution < 1.29 is 9.59 Å². The molecular formula is C10H15ClN4O2S. The topological polar surface area (TPSA) is 102 Å². The molecule has 0 bridgehead atoms. The minimum absolute atomic E-state index is 0.0418. The van der Waals surface area contributed by atoms with E-state index in [1.54, 1.807) is 4.90 Å². The third-order valence-electron chi connectivity index (χ3n) is 2.33. The van der Waals surface area contributed by atoms with Crippen molar-refractivity contribution in [1.29, 1.82) is 0 Å². The van der Waals surface area contributed by atoms with E-state index in [1.807, 2.05) is 12.3 Å². The summed E-state index contributed by atoms with van der Waals surface area (Å²) in [4.78, 5) is 27.8. The molecule has 1 aromatic heterocycles. The van der Waals surface area contributed by atoms with E-state index in [4.69, 9.17) is 23.1 Å². The van der Waals surface area contributed by atoms with Crippen LogP contribution in [0, 0.1) is 0 Å². The fraction of sp³-hybridized carbons (Fsp3) is 0.500. The maximum absolute atomic E-state index is 11.0. The molecule has 6 nitrogen and oxygen atoms in total. The normalized spacial score (nSPS) is 12.6. The molecule has 0 saturated heterocycles. The Labute approximate surface area is 114 Å². The number of hydrogen-bond acceptors (Lipinski definition) is 5. The predicted octanol–water partition coefficient (Wildman–Crippen LogP) is 0.216. The molecule has 1 atom stereocenters. The van der Waals surface area contributed by atoms with Gasteiger partial charge in [-0.2, -0.15) is 0 Å². The summed E-state index contributed by atoms with van der Waals surface area (Å²) in [6, 6.07) is -0.216. The number of alkyl halides is 1. The van der Waals surface area contributed by atoms with Crippen LogP contribution in [-0.2, 0) is 15.5 Å². The first-order valence-electron chi connectivity index (χ1n) is 5.25. The van der Waals surface area contributed by atoms with Gasteiger partial charge in [-0.1, -0.05) is 0 Å². The zero-order chi connectivity index (χ0) is 13.7. The molecule has 1 rings (SSSR count). The van der Waals surface area contributed by atoms with E-state index < -0.39 is 11.8 Å². The molecule has 1 heterocycles. The van der Waals surface area contributed by atoms with Gasteiger partial charge >= 0.3 is 0 Å². The second-order valence-corrected chi connectivity index (χ2v) is 4.98. The van der Waals surface area contributed by atoms with Gasteiger partial charge in [0, 0.05) is 5.38 Å². The lowest BCUT2D eigenvalue weighted by atomic mass is 10.2. The summed E-state index contributed by atoms with van der Waals surface area (Å²) in [6.07, 6.45) is 0. The molecule has 8 heteroatoms. The maximum Gasteiger partial charge on any atom is 0.231 e. The van der Waals surface area contributed by atoms with E-state index >= 15 is 0 Å². The highest BCUT2D eigenvalue weighted by Crippen LogP contribution is 2.23. The number of rotatable bonds is 7. The summed E-state index contributed by atoms with van der Waals surface area (Å²) >= 11 is 7.10. The van der Waals surface area contributed by atoms with Crippen LogP contribution in [0.3, 0.4) is 0 Å². The molecule has 0 aliphatic rings. The van der Waals surface area contributed by atoms with Crippen LogP contribution < -0.4 is 11.5 Å². The molecule has 1 aromatic rings. The molecule has 0 aliphatic carbocycles. The van der Waals surface area contributed by atoms with Crippen LogP contribution in [0.5, 0.6) is 0 Å². The van der Waals surface area contributed by atoms with Crippen LogP contribution in [0.15, 0.2) is 5.38 Å². The number of nitrogens with two attached hydrogens (primary N) is 2. The summed E-state index contributed by atoms with van der Waals surface area (Å²) in [5.41, 5.74) is 11.1. The summed E-state index contributed by atoms with van der Waals surface area (Å²) in [5.74, 6) is -0.705. The van der Waals surface area contributed by atoms with Gasteiger partial charge in [-0.15, -0.1) is 22.9 Å². The van der Waals surface area contributed by atoms with Crippen LogP contribution in [0.25, 0.3) is 0 Å². The average molecular weight is 291 g/mol. The van der Waals surface area contributed by atoms with Crippen LogP contribution in [0.1, 0.15) is 23.7 Å². The van der Waals surface area contributed by atoms with Crippen molar-refractivity contribution >= 4 is 34.8 Å². The standard InChI is InChI=1S/C10H15ClN4O2S/c1-6(10-14-7(2-11)5-18-10)15(3-8(12)16)4-9(13)17/h5-6H,2-4H2,1H3,(H2,12,16)(H2,13,17). The Hall–Kier alpha value is -1.18. The van der Waals surface area contributed by atoms with E-state index in [9.17, 15) is 9.59 Å². The Balaban J connectivity index is 2.82. The Kier molecular flexibility index (Phi) is 5.52. The van der Waals surface area contributed by atoms with E-state index in [-0.39, 0.29) is 19.1 Å². The Bertz CT molecular complexity index is 421. The van der Waals surface area contributed by atoms with Crippen molar-refractivity contribution in [2.24, 2.45) is 11.5 Å². The minimum atomic E-state index is -0.516. The molecule has 0 aliphatic heterocycles. The SMILES string of the molecule is CC(c1nc(CCl)cs1)N(CC(N)=O)CC(N)=O. The highest BCUT2D eigenvalue weighted by Gasteiger charge is 2.21. The van der Waals surface area contributed by atoms with Gasteiger partial charge in [0.25, 0.3) is 0 Å². The minimum Gasteiger partial charge on any atom is -0.369 e.